The van der Waals surface area contributed by atoms with E-state index in [1.165, 1.54) is 130 Å². The van der Waals surface area contributed by atoms with E-state index in [1.807, 2.05) is 22.7 Å². The van der Waals surface area contributed by atoms with E-state index in [2.05, 4.69) is 279 Å². The fourth-order valence-corrected chi connectivity index (χ4v) is 12.5. The topological polar surface area (TPSA) is 0 Å². The first-order chi connectivity index (χ1) is 35.7. The van der Waals surface area contributed by atoms with Crippen molar-refractivity contribution in [1.82, 2.24) is 0 Å². The van der Waals surface area contributed by atoms with Crippen LogP contribution in [0.5, 0.6) is 0 Å². The highest BCUT2D eigenvalue weighted by Crippen LogP contribution is 2.48. The van der Waals surface area contributed by atoms with Gasteiger partial charge < -0.3 is 0 Å². The van der Waals surface area contributed by atoms with Crippen LogP contribution >= 0.6 is 22.7 Å². The summed E-state index contributed by atoms with van der Waals surface area (Å²) in [6.07, 6.45) is 4.39. The second-order valence-corrected chi connectivity index (χ2v) is 20.5. The molecule has 0 radical (unpaired) electrons. The van der Waals surface area contributed by atoms with E-state index in [1.54, 1.807) is 0 Å². The van der Waals surface area contributed by atoms with Crippen molar-refractivity contribution in [3.63, 3.8) is 0 Å². The average molecular weight is 951 g/mol. The van der Waals surface area contributed by atoms with Gasteiger partial charge >= 0.3 is 0 Å². The van der Waals surface area contributed by atoms with Gasteiger partial charge in [0.05, 0.1) is 0 Å². The Hall–Kier alpha value is -8.66. The van der Waals surface area contributed by atoms with Gasteiger partial charge in [0.25, 0.3) is 0 Å². The minimum atomic E-state index is 1.17. The van der Waals surface area contributed by atoms with Crippen LogP contribution in [0.25, 0.3) is 131 Å². The zero-order valence-corrected chi connectivity index (χ0v) is 41.0. The third kappa shape index (κ3) is 8.27. The van der Waals surface area contributed by atoms with Gasteiger partial charge in [-0.1, -0.05) is 231 Å². The minimum Gasteiger partial charge on any atom is -0.135 e. The maximum absolute atomic E-state index is 2.47. The van der Waals surface area contributed by atoms with Gasteiger partial charge in [-0.25, -0.2) is 0 Å². The van der Waals surface area contributed by atoms with E-state index in [0.29, 0.717) is 0 Å². The van der Waals surface area contributed by atoms with E-state index in [0.717, 1.165) is 0 Å². The second-order valence-electron chi connectivity index (χ2n) is 18.4. The third-order valence-corrected chi connectivity index (χ3v) is 16.3. The van der Waals surface area contributed by atoms with Crippen LogP contribution in [0.3, 0.4) is 0 Å². The Balaban J connectivity index is 0.986. The Morgan fingerprint density at radius 3 is 1.15 bits per heavy atom. The molecule has 0 unspecified atom stereocenters. The second kappa shape index (κ2) is 18.9. The van der Waals surface area contributed by atoms with Crippen LogP contribution < -0.4 is 0 Å². The van der Waals surface area contributed by atoms with E-state index in [4.69, 9.17) is 0 Å². The maximum Gasteiger partial charge on any atom is 0.0349 e. The molecule has 11 aromatic carbocycles. The molecule has 72 heavy (non-hydrogen) atoms. The van der Waals surface area contributed by atoms with Crippen molar-refractivity contribution in [1.29, 1.82) is 0 Å². The van der Waals surface area contributed by atoms with Crippen molar-refractivity contribution in [3.8, 4) is 86.3 Å². The zero-order chi connectivity index (χ0) is 47.8. The molecule has 0 amide bonds. The largest absolute Gasteiger partial charge is 0.135 e. The van der Waals surface area contributed by atoms with Gasteiger partial charge in [0.15, 0.2) is 0 Å². The van der Waals surface area contributed by atoms with E-state index in [9.17, 15) is 0 Å². The van der Waals surface area contributed by atoms with Gasteiger partial charge in [-0.3, -0.25) is 0 Å². The molecule has 0 aliphatic carbocycles. The molecule has 13 aromatic rings. The summed E-state index contributed by atoms with van der Waals surface area (Å²) in [4.78, 5) is 5.06. The molecule has 0 spiro atoms. The molecule has 13 rings (SSSR count). The summed E-state index contributed by atoms with van der Waals surface area (Å²) in [6, 6.07) is 98.1. The fraction of sp³-hybridized carbons (Fsp3) is 0. The molecule has 2 aromatic heterocycles. The van der Waals surface area contributed by atoms with E-state index in [-0.39, 0.29) is 0 Å². The number of fused-ring (bicyclic) bond motifs is 3. The van der Waals surface area contributed by atoms with Crippen LogP contribution in [0.1, 0.15) is 11.1 Å². The van der Waals surface area contributed by atoms with Crippen molar-refractivity contribution in [2.24, 2.45) is 0 Å². The molecule has 0 nitrogen and oxygen atoms in total. The van der Waals surface area contributed by atoms with Crippen LogP contribution in [-0.4, -0.2) is 0 Å². The van der Waals surface area contributed by atoms with Gasteiger partial charge in [0.1, 0.15) is 0 Å². The van der Waals surface area contributed by atoms with Gasteiger partial charge in [-0.2, -0.15) is 0 Å². The van der Waals surface area contributed by atoms with Gasteiger partial charge in [-0.15, -0.1) is 22.7 Å². The van der Waals surface area contributed by atoms with E-state index < -0.39 is 0 Å². The predicted molar refractivity (Wildman–Crippen MR) is 314 cm³/mol. The zero-order valence-electron chi connectivity index (χ0n) is 39.4. The standard InChI is InChI=1S/C70H46S2/c1-4-17-47(18-5-1)35-36-48-19-12-24-51(43-48)57-31-15-34-60-58(32-16-33-59(57)60)52-37-38-63-64(46-52)70(56-28-14-26-54(45-56)68-42-40-66(72-68)50-22-8-3-9-23-50)62-30-11-10-29-61(62)69(63)55-27-13-25-53(44-55)67-41-39-65(71-67)49-20-6-2-7-21-49/h1-46H. The number of benzene rings is 11. The highest BCUT2D eigenvalue weighted by Gasteiger charge is 2.20. The Bertz CT molecular complexity index is 4140. The predicted octanol–water partition coefficient (Wildman–Crippen LogP) is 20.8. The molecule has 0 aliphatic rings. The quantitative estimate of drug-likeness (QED) is 0.0947. The molecule has 338 valence electrons. The number of thiophene rings is 2. The highest BCUT2D eigenvalue weighted by molar-refractivity contribution is 7.19. The summed E-state index contributed by atoms with van der Waals surface area (Å²) in [6.45, 7) is 0. The summed E-state index contributed by atoms with van der Waals surface area (Å²) in [7, 11) is 0. The van der Waals surface area contributed by atoms with Crippen molar-refractivity contribution < 1.29 is 0 Å². The Labute approximate surface area is 428 Å². The van der Waals surface area contributed by atoms with Crippen LogP contribution in [0, 0.1) is 0 Å². The van der Waals surface area contributed by atoms with E-state index >= 15 is 0 Å². The number of rotatable bonds is 10. The van der Waals surface area contributed by atoms with Crippen molar-refractivity contribution in [2.75, 3.05) is 0 Å². The van der Waals surface area contributed by atoms with Gasteiger partial charge in [0, 0.05) is 19.5 Å². The first kappa shape index (κ1) is 43.4. The van der Waals surface area contributed by atoms with Crippen LogP contribution in [0.4, 0.5) is 0 Å². The molecule has 0 bridgehead atoms. The first-order valence-electron chi connectivity index (χ1n) is 24.5. The maximum atomic E-state index is 2.47. The summed E-state index contributed by atoms with van der Waals surface area (Å²) in [5.74, 6) is 0. The SMILES string of the molecule is C(=Cc1cccc(-c2cccc3c(-c4ccc5c(-c6cccc(-c7ccc(-c8ccccc8)s7)c6)c6ccccc6c(-c6cccc(-c7ccc(-c8ccccc8)s7)c6)c5c4)cccc23)c1)c1ccccc1. The lowest BCUT2D eigenvalue weighted by atomic mass is 9.84. The molecule has 2 heterocycles. The molecular formula is C70H46S2. The average Bonchev–Trinajstić information content (AvgIpc) is 4.17. The molecule has 0 atom stereocenters. The number of hydrogen-bond donors (Lipinski definition) is 0. The molecule has 0 saturated carbocycles. The minimum absolute atomic E-state index is 1.17. The monoisotopic (exact) mass is 950 g/mol. The first-order valence-corrected chi connectivity index (χ1v) is 26.2. The Morgan fingerprint density at radius 2 is 0.583 bits per heavy atom. The lowest BCUT2D eigenvalue weighted by molar-refractivity contribution is 1.61. The summed E-state index contributed by atoms with van der Waals surface area (Å²) < 4.78 is 0. The molecule has 2 heteroatoms. The Morgan fingerprint density at radius 1 is 0.208 bits per heavy atom. The molecular weight excluding hydrogens is 905 g/mol. The number of hydrogen-bond acceptors (Lipinski definition) is 2. The summed E-state index contributed by atoms with van der Waals surface area (Å²) in [5, 5.41) is 7.40. The fourth-order valence-electron chi connectivity index (χ4n) is 10.5. The van der Waals surface area contributed by atoms with Crippen LogP contribution in [-0.2, 0) is 0 Å². The smallest absolute Gasteiger partial charge is 0.0349 e. The van der Waals surface area contributed by atoms with Crippen molar-refractivity contribution in [3.05, 3.63) is 278 Å². The van der Waals surface area contributed by atoms with Crippen LogP contribution in [0.15, 0.2) is 267 Å². The molecule has 0 saturated heterocycles. The summed E-state index contributed by atoms with van der Waals surface area (Å²) >= 11 is 3.70. The van der Waals surface area contributed by atoms with Crippen LogP contribution in [0.2, 0.25) is 0 Å². The Kier molecular flexibility index (Phi) is 11.4. The normalized spacial score (nSPS) is 11.6. The van der Waals surface area contributed by atoms with Crippen molar-refractivity contribution >= 4 is 67.1 Å². The third-order valence-electron chi connectivity index (χ3n) is 13.9. The lowest BCUT2D eigenvalue weighted by Crippen LogP contribution is -1.93. The molecule has 0 fully saturated rings. The summed E-state index contributed by atoms with van der Waals surface area (Å²) in [5.41, 5.74) is 17.0. The lowest BCUT2D eigenvalue weighted by Gasteiger charge is -2.20. The highest BCUT2D eigenvalue weighted by atomic mass is 32.1. The van der Waals surface area contributed by atoms with Gasteiger partial charge in [-0.05, 0) is 159 Å². The molecule has 0 aliphatic heterocycles. The van der Waals surface area contributed by atoms with Crippen molar-refractivity contribution in [2.45, 2.75) is 0 Å². The van der Waals surface area contributed by atoms with Gasteiger partial charge in [0.2, 0.25) is 0 Å². The molecule has 0 N–H and O–H groups in total.